The molecule has 7 aromatic carbocycles. The Kier molecular flexibility index (Phi) is 13.0. The van der Waals surface area contributed by atoms with E-state index in [2.05, 4.69) is 78.9 Å². The fourth-order valence-corrected chi connectivity index (χ4v) is 9.86. The molecule has 0 N–H and O–H groups in total. The Hall–Kier alpha value is -8.49. The van der Waals surface area contributed by atoms with E-state index in [1.165, 1.54) is 6.07 Å². The zero-order valence-corrected chi connectivity index (χ0v) is 42.7. The van der Waals surface area contributed by atoms with Crippen molar-refractivity contribution in [2.24, 2.45) is 0 Å². The Balaban J connectivity index is 0.00000588. The number of hydrogen-bond acceptors (Lipinski definition) is 7. The summed E-state index contributed by atoms with van der Waals surface area (Å²) < 4.78 is 27.3. The molecular formula is C65H43FIrN3O4. The van der Waals surface area contributed by atoms with E-state index >= 15 is 4.39 Å². The Labute approximate surface area is 439 Å². The molecule has 0 amide bonds. The molecule has 0 atom stereocenters. The molecule has 358 valence electrons. The van der Waals surface area contributed by atoms with Gasteiger partial charge in [0.05, 0.1) is 0 Å². The van der Waals surface area contributed by atoms with E-state index in [1.54, 1.807) is 18.2 Å². The summed E-state index contributed by atoms with van der Waals surface area (Å²) in [7, 11) is 0. The van der Waals surface area contributed by atoms with Gasteiger partial charge in [0.2, 0.25) is 0 Å². The summed E-state index contributed by atoms with van der Waals surface area (Å²) in [6.45, 7) is 3.89. The van der Waals surface area contributed by atoms with Crippen LogP contribution in [0.25, 0.3) is 99.5 Å². The second-order valence-corrected chi connectivity index (χ2v) is 18.6. The predicted molar refractivity (Wildman–Crippen MR) is 288 cm³/mol. The fraction of sp³-hybridized carbons (Fsp3) is 0.0923. The van der Waals surface area contributed by atoms with E-state index < -0.39 is 11.3 Å². The first-order valence-corrected chi connectivity index (χ1v) is 24.2. The van der Waals surface area contributed by atoms with Gasteiger partial charge in [-0.2, -0.15) is 0 Å². The number of halogens is 1. The summed E-state index contributed by atoms with van der Waals surface area (Å²) in [5.41, 5.74) is 15.7. The monoisotopic (exact) mass is 1140 g/mol. The third-order valence-electron chi connectivity index (χ3n) is 13.5. The number of pyridine rings is 3. The van der Waals surface area contributed by atoms with E-state index in [0.29, 0.717) is 75.0 Å². The summed E-state index contributed by atoms with van der Waals surface area (Å²) in [5, 5.41) is 2.15. The molecular weight excluding hydrogens is 1100 g/mol. The van der Waals surface area contributed by atoms with Gasteiger partial charge in [0.1, 0.15) is 5.82 Å². The second-order valence-electron chi connectivity index (χ2n) is 18.6. The van der Waals surface area contributed by atoms with Crippen molar-refractivity contribution in [1.82, 2.24) is 15.0 Å². The Morgan fingerprint density at radius 3 is 1.62 bits per heavy atom. The molecule has 74 heavy (non-hydrogen) atoms. The number of benzene rings is 7. The van der Waals surface area contributed by atoms with Crippen LogP contribution in [0.1, 0.15) is 33.4 Å². The summed E-state index contributed by atoms with van der Waals surface area (Å²) in [5.74, 6) is -0.370. The van der Waals surface area contributed by atoms with Crippen molar-refractivity contribution in [2.45, 2.75) is 39.5 Å². The molecule has 0 bridgehead atoms. The largest absolute Gasteiger partial charge is 3.00 e. The topological polar surface area (TPSA) is 99.1 Å². The van der Waals surface area contributed by atoms with Gasteiger partial charge in [-0.05, 0) is 105 Å². The van der Waals surface area contributed by atoms with Crippen LogP contribution in [0.15, 0.2) is 195 Å². The number of aromatic nitrogens is 3. The molecule has 0 fully saturated rings. The summed E-state index contributed by atoms with van der Waals surface area (Å²) in [6, 6.07) is 61.0. The van der Waals surface area contributed by atoms with Crippen LogP contribution in [0, 0.1) is 37.9 Å². The maximum Gasteiger partial charge on any atom is 3.00 e. The molecule has 0 spiro atoms. The van der Waals surface area contributed by atoms with Crippen LogP contribution in [-0.2, 0) is 45.8 Å². The standard InChI is InChI=1S/C65H43FN3O4.Ir/c1-39-13-25-60-54(27-39)62-56(64(70)72-60)32-43(36-68-62)17-15-41-29-42(16-18-44-33-57-63(69-37-44)55-28-40(2)14-26-61(55)73-65(57)71)31-49(30-41)52-34-50(66)23-24-51(52)58-38-67-59(48-11-7-4-8-12-48)35-53(58)47-21-19-46(20-22-47)45-9-5-3-6-10-45;/h3-11,13-14,19-26,29-38H,15-18H2,1-2H3;/q-3;+3. The Morgan fingerprint density at radius 2 is 1.03 bits per heavy atom. The first kappa shape index (κ1) is 47.8. The van der Waals surface area contributed by atoms with Gasteiger partial charge in [0.15, 0.2) is 0 Å². The molecule has 5 aromatic heterocycles. The average Bonchev–Trinajstić information content (AvgIpc) is 3.43. The van der Waals surface area contributed by atoms with Crippen LogP contribution >= 0.6 is 0 Å². The van der Waals surface area contributed by atoms with E-state index in [-0.39, 0.29) is 25.9 Å². The predicted octanol–water partition coefficient (Wildman–Crippen LogP) is 14.5. The summed E-state index contributed by atoms with van der Waals surface area (Å²) in [4.78, 5) is 41.1. The maximum atomic E-state index is 15.9. The zero-order valence-electron chi connectivity index (χ0n) is 40.3. The van der Waals surface area contributed by atoms with Crippen LogP contribution in [0.4, 0.5) is 4.39 Å². The minimum Gasteiger partial charge on any atom is -0.472 e. The van der Waals surface area contributed by atoms with Gasteiger partial charge >= 0.3 is 31.4 Å². The van der Waals surface area contributed by atoms with E-state index in [9.17, 15) is 9.59 Å². The van der Waals surface area contributed by atoms with Crippen LogP contribution in [-0.4, -0.2) is 15.0 Å². The molecule has 7 nitrogen and oxygen atoms in total. The molecule has 0 saturated carbocycles. The molecule has 9 heteroatoms. The number of rotatable bonds is 11. The van der Waals surface area contributed by atoms with Crippen LogP contribution in [0.3, 0.4) is 0 Å². The summed E-state index contributed by atoms with van der Waals surface area (Å²) >= 11 is 0. The Morgan fingerprint density at radius 1 is 0.473 bits per heavy atom. The van der Waals surface area contributed by atoms with Crippen molar-refractivity contribution in [3.8, 4) is 55.8 Å². The van der Waals surface area contributed by atoms with Crippen LogP contribution in [0.2, 0.25) is 0 Å². The van der Waals surface area contributed by atoms with Crippen molar-refractivity contribution in [1.29, 1.82) is 0 Å². The summed E-state index contributed by atoms with van der Waals surface area (Å²) in [6.07, 6.45) is 7.83. The van der Waals surface area contributed by atoms with E-state index in [0.717, 1.165) is 83.6 Å². The van der Waals surface area contributed by atoms with E-state index in [4.69, 9.17) is 23.8 Å². The van der Waals surface area contributed by atoms with Crippen LogP contribution < -0.4 is 11.3 Å². The molecule has 5 heterocycles. The molecule has 0 aliphatic carbocycles. The average molecular weight is 1140 g/mol. The molecule has 0 saturated heterocycles. The van der Waals surface area contributed by atoms with Gasteiger partial charge in [-0.1, -0.05) is 122 Å². The van der Waals surface area contributed by atoms with Crippen molar-refractivity contribution in [2.75, 3.05) is 0 Å². The van der Waals surface area contributed by atoms with Crippen molar-refractivity contribution in [3.63, 3.8) is 0 Å². The zero-order chi connectivity index (χ0) is 49.6. The first-order valence-electron chi connectivity index (χ1n) is 24.2. The maximum absolute atomic E-state index is 15.9. The van der Waals surface area contributed by atoms with Gasteiger partial charge in [-0.25, -0.2) is 14.0 Å². The number of fused-ring (bicyclic) bond motifs is 6. The quantitative estimate of drug-likeness (QED) is 0.0723. The van der Waals surface area contributed by atoms with E-state index in [1.807, 2.05) is 105 Å². The number of nitrogens with zero attached hydrogens (tertiary/aromatic N) is 3. The molecule has 0 unspecified atom stereocenters. The molecule has 0 aliphatic heterocycles. The fourth-order valence-electron chi connectivity index (χ4n) is 9.86. The van der Waals surface area contributed by atoms with Gasteiger partial charge in [-0.3, -0.25) is 0 Å². The van der Waals surface area contributed by atoms with Crippen molar-refractivity contribution >= 4 is 43.7 Å². The molecule has 0 aliphatic rings. The molecule has 12 aromatic rings. The first-order chi connectivity index (χ1) is 35.7. The minimum absolute atomic E-state index is 0. The molecule has 0 radical (unpaired) electrons. The van der Waals surface area contributed by atoms with Gasteiger partial charge in [0.25, 0.3) is 0 Å². The minimum atomic E-state index is -0.449. The molecule has 12 rings (SSSR count). The number of hydrogen-bond donors (Lipinski definition) is 0. The normalized spacial score (nSPS) is 11.4. The third kappa shape index (κ3) is 9.51. The van der Waals surface area contributed by atoms with Crippen molar-refractivity contribution in [3.05, 3.63) is 255 Å². The second kappa shape index (κ2) is 20.2. The van der Waals surface area contributed by atoms with Crippen LogP contribution in [0.5, 0.6) is 0 Å². The third-order valence-corrected chi connectivity index (χ3v) is 13.5. The SMILES string of the molecule is Cc1[c-]c2c(cc1)oc(=O)c1cc(CCc3cc(CCc4cnc5c(c4)c(=O)oc4ccc(C)[c-]c45)cc(-c4cc(F)ccc4-c4cnc(-c5[c-]cccc5)cc4-c4ccc(-c5ccccc5)cc4)c3)cnc12.[Ir+3]. The van der Waals surface area contributed by atoms with Gasteiger partial charge in [0, 0.05) is 57.1 Å². The number of aryl methyl sites for hydroxylation is 6. The Bertz CT molecular complexity index is 4070. The van der Waals surface area contributed by atoms with Crippen molar-refractivity contribution < 1.29 is 33.3 Å². The van der Waals surface area contributed by atoms with Gasteiger partial charge < -0.3 is 23.8 Å². The smallest absolute Gasteiger partial charge is 0.472 e. The van der Waals surface area contributed by atoms with Gasteiger partial charge in [-0.15, -0.1) is 83.4 Å².